The minimum absolute atomic E-state index is 0.0484. The summed E-state index contributed by atoms with van der Waals surface area (Å²) in [5, 5.41) is 13.2. The van der Waals surface area contributed by atoms with Crippen molar-refractivity contribution in [2.75, 3.05) is 0 Å². The predicted octanol–water partition coefficient (Wildman–Crippen LogP) is 3.85. The molecule has 3 rings (SSSR count). The van der Waals surface area contributed by atoms with E-state index in [0.717, 1.165) is 24.1 Å². The average Bonchev–Trinajstić information content (AvgIpc) is 3.14. The summed E-state index contributed by atoms with van der Waals surface area (Å²) in [7, 11) is 0. The molecule has 20 heavy (non-hydrogen) atoms. The van der Waals surface area contributed by atoms with Gasteiger partial charge in [-0.2, -0.15) is 10.2 Å². The normalized spacial score (nSPS) is 31.1. The standard InChI is InChI=1S/C16H23N3O/c1-3-16(2,6-7-17)10-14-18-15(19-20-14)13-9-11-4-5-12(13)8-11/h11-13H,3-6,8-10H2,1-2H3. The monoisotopic (exact) mass is 273 g/mol. The number of hydrogen-bond acceptors (Lipinski definition) is 4. The smallest absolute Gasteiger partial charge is 0.227 e. The first-order valence-corrected chi connectivity index (χ1v) is 7.83. The number of nitriles is 1. The zero-order valence-electron chi connectivity index (χ0n) is 12.4. The Morgan fingerprint density at radius 3 is 2.85 bits per heavy atom. The summed E-state index contributed by atoms with van der Waals surface area (Å²) in [5.74, 6) is 3.83. The average molecular weight is 273 g/mol. The van der Waals surface area contributed by atoms with Crippen molar-refractivity contribution in [3.63, 3.8) is 0 Å². The van der Waals surface area contributed by atoms with Crippen LogP contribution in [-0.4, -0.2) is 10.1 Å². The molecule has 0 N–H and O–H groups in total. The fraction of sp³-hybridized carbons (Fsp3) is 0.812. The Labute approximate surface area is 120 Å². The predicted molar refractivity (Wildman–Crippen MR) is 74.8 cm³/mol. The molecule has 4 heteroatoms. The van der Waals surface area contributed by atoms with Gasteiger partial charge in [0, 0.05) is 18.8 Å². The topological polar surface area (TPSA) is 62.7 Å². The third kappa shape index (κ3) is 2.46. The number of aromatic nitrogens is 2. The van der Waals surface area contributed by atoms with E-state index in [-0.39, 0.29) is 5.41 Å². The minimum atomic E-state index is -0.0484. The summed E-state index contributed by atoms with van der Waals surface area (Å²) in [6.45, 7) is 4.24. The zero-order valence-corrected chi connectivity index (χ0v) is 12.4. The third-order valence-corrected chi connectivity index (χ3v) is 5.49. The van der Waals surface area contributed by atoms with Gasteiger partial charge in [-0.3, -0.25) is 0 Å². The minimum Gasteiger partial charge on any atom is -0.339 e. The SMILES string of the molecule is CCC(C)(CC#N)Cc1nc(C2CC3CCC2C3)no1. The largest absolute Gasteiger partial charge is 0.339 e. The molecule has 4 nitrogen and oxygen atoms in total. The molecule has 0 radical (unpaired) electrons. The van der Waals surface area contributed by atoms with Crippen LogP contribution in [0.2, 0.25) is 0 Å². The van der Waals surface area contributed by atoms with Crippen LogP contribution in [0.4, 0.5) is 0 Å². The van der Waals surface area contributed by atoms with Crippen molar-refractivity contribution in [2.24, 2.45) is 17.3 Å². The molecule has 2 aliphatic rings. The number of fused-ring (bicyclic) bond motifs is 2. The molecule has 0 spiro atoms. The van der Waals surface area contributed by atoms with E-state index in [0.29, 0.717) is 24.7 Å². The quantitative estimate of drug-likeness (QED) is 0.817. The molecule has 0 amide bonds. The second kappa shape index (κ2) is 5.20. The summed E-state index contributed by atoms with van der Waals surface area (Å²) in [5.41, 5.74) is -0.0484. The fourth-order valence-electron chi connectivity index (χ4n) is 3.92. The van der Waals surface area contributed by atoms with Gasteiger partial charge >= 0.3 is 0 Å². The van der Waals surface area contributed by atoms with Gasteiger partial charge in [0.15, 0.2) is 5.82 Å². The van der Waals surface area contributed by atoms with E-state index >= 15 is 0 Å². The molecular weight excluding hydrogens is 250 g/mol. The highest BCUT2D eigenvalue weighted by molar-refractivity contribution is 5.07. The van der Waals surface area contributed by atoms with E-state index in [4.69, 9.17) is 9.78 Å². The Kier molecular flexibility index (Phi) is 3.54. The fourth-order valence-corrected chi connectivity index (χ4v) is 3.92. The van der Waals surface area contributed by atoms with Crippen LogP contribution in [-0.2, 0) is 6.42 Å². The molecule has 1 heterocycles. The van der Waals surface area contributed by atoms with E-state index in [1.54, 1.807) is 0 Å². The zero-order chi connectivity index (χ0) is 14.2. The van der Waals surface area contributed by atoms with Crippen molar-refractivity contribution >= 4 is 0 Å². The van der Waals surface area contributed by atoms with Gasteiger partial charge in [-0.1, -0.05) is 25.4 Å². The molecule has 1 aromatic rings. The molecule has 108 valence electrons. The van der Waals surface area contributed by atoms with E-state index < -0.39 is 0 Å². The van der Waals surface area contributed by atoms with Crippen molar-refractivity contribution in [3.05, 3.63) is 11.7 Å². The van der Waals surface area contributed by atoms with E-state index in [2.05, 4.69) is 30.1 Å². The summed E-state index contributed by atoms with van der Waals surface area (Å²) in [4.78, 5) is 4.64. The van der Waals surface area contributed by atoms with Gasteiger partial charge in [0.05, 0.1) is 6.07 Å². The van der Waals surface area contributed by atoms with E-state index in [9.17, 15) is 0 Å². The molecule has 0 aromatic carbocycles. The molecule has 0 saturated heterocycles. The first-order valence-electron chi connectivity index (χ1n) is 7.83. The van der Waals surface area contributed by atoms with Crippen molar-refractivity contribution in [3.8, 4) is 6.07 Å². The van der Waals surface area contributed by atoms with Crippen LogP contribution in [0.15, 0.2) is 4.52 Å². The van der Waals surface area contributed by atoms with Crippen molar-refractivity contribution < 1.29 is 4.52 Å². The molecule has 0 aliphatic heterocycles. The Hall–Kier alpha value is -1.37. The molecule has 2 bridgehead atoms. The number of nitrogens with zero attached hydrogens (tertiary/aromatic N) is 3. The summed E-state index contributed by atoms with van der Waals surface area (Å²) in [6, 6.07) is 2.27. The second-order valence-electron chi connectivity index (χ2n) is 7.00. The summed E-state index contributed by atoms with van der Waals surface area (Å²) < 4.78 is 5.46. The Morgan fingerprint density at radius 1 is 1.40 bits per heavy atom. The highest BCUT2D eigenvalue weighted by Gasteiger charge is 2.42. The van der Waals surface area contributed by atoms with Crippen LogP contribution in [0.3, 0.4) is 0 Å². The van der Waals surface area contributed by atoms with Crippen LogP contribution in [0, 0.1) is 28.6 Å². The Bertz CT molecular complexity index is 518. The van der Waals surface area contributed by atoms with Crippen LogP contribution < -0.4 is 0 Å². The number of rotatable bonds is 5. The number of hydrogen-bond donors (Lipinski definition) is 0. The molecule has 4 atom stereocenters. The maximum Gasteiger partial charge on any atom is 0.227 e. The van der Waals surface area contributed by atoms with Crippen molar-refractivity contribution in [1.29, 1.82) is 5.26 Å². The van der Waals surface area contributed by atoms with Crippen molar-refractivity contribution in [2.45, 2.75) is 64.7 Å². The first-order chi connectivity index (χ1) is 9.63. The third-order valence-electron chi connectivity index (χ3n) is 5.49. The molecule has 2 fully saturated rings. The van der Waals surface area contributed by atoms with Gasteiger partial charge in [0.1, 0.15) is 0 Å². The summed E-state index contributed by atoms with van der Waals surface area (Å²) in [6.07, 6.45) is 7.53. The van der Waals surface area contributed by atoms with Crippen molar-refractivity contribution in [1.82, 2.24) is 10.1 Å². The molecule has 1 aromatic heterocycles. The molecule has 2 saturated carbocycles. The van der Waals surface area contributed by atoms with Gasteiger partial charge in [0.2, 0.25) is 5.89 Å². The van der Waals surface area contributed by atoms with E-state index in [1.807, 2.05) is 0 Å². The lowest BCUT2D eigenvalue weighted by Gasteiger charge is -2.22. The van der Waals surface area contributed by atoms with Gasteiger partial charge in [-0.05, 0) is 42.9 Å². The summed E-state index contributed by atoms with van der Waals surface area (Å²) >= 11 is 0. The maximum atomic E-state index is 8.94. The van der Waals surface area contributed by atoms with Gasteiger partial charge in [-0.25, -0.2) is 0 Å². The van der Waals surface area contributed by atoms with Crippen LogP contribution in [0.25, 0.3) is 0 Å². The van der Waals surface area contributed by atoms with Gasteiger partial charge in [0.25, 0.3) is 0 Å². The second-order valence-corrected chi connectivity index (χ2v) is 7.00. The molecule has 4 unspecified atom stereocenters. The lowest BCUT2D eigenvalue weighted by molar-refractivity contribution is 0.264. The Balaban J connectivity index is 1.69. The lowest BCUT2D eigenvalue weighted by atomic mass is 9.81. The van der Waals surface area contributed by atoms with Gasteiger partial charge < -0.3 is 4.52 Å². The van der Waals surface area contributed by atoms with Crippen LogP contribution in [0.1, 0.15) is 70.0 Å². The maximum absolute atomic E-state index is 8.94. The highest BCUT2D eigenvalue weighted by atomic mass is 16.5. The highest BCUT2D eigenvalue weighted by Crippen LogP contribution is 2.52. The molecule has 2 aliphatic carbocycles. The van der Waals surface area contributed by atoms with Crippen LogP contribution in [0.5, 0.6) is 0 Å². The molecular formula is C16H23N3O. The van der Waals surface area contributed by atoms with Crippen LogP contribution >= 0.6 is 0 Å². The van der Waals surface area contributed by atoms with E-state index in [1.165, 1.54) is 25.7 Å². The first kappa shape index (κ1) is 13.6. The van der Waals surface area contributed by atoms with Gasteiger partial charge in [-0.15, -0.1) is 0 Å². The lowest BCUT2D eigenvalue weighted by Crippen LogP contribution is -2.18. The Morgan fingerprint density at radius 2 is 2.25 bits per heavy atom.